The Balaban J connectivity index is 2.23. The minimum Gasteiger partial charge on any atom is -0.489 e. The molecule has 0 saturated carbocycles. The van der Waals surface area contributed by atoms with Gasteiger partial charge in [-0.2, -0.15) is 10.2 Å². The van der Waals surface area contributed by atoms with Crippen molar-refractivity contribution >= 4 is 0 Å². The van der Waals surface area contributed by atoms with E-state index in [9.17, 15) is 0 Å². The van der Waals surface area contributed by atoms with E-state index in [1.165, 1.54) is 0 Å². The van der Waals surface area contributed by atoms with Crippen molar-refractivity contribution in [3.05, 3.63) is 48.0 Å². The van der Waals surface area contributed by atoms with Crippen LogP contribution in [0.4, 0.5) is 0 Å². The first-order chi connectivity index (χ1) is 8.66. The Morgan fingerprint density at radius 2 is 1.94 bits per heavy atom. The summed E-state index contributed by atoms with van der Waals surface area (Å²) in [7, 11) is 0. The van der Waals surface area contributed by atoms with E-state index in [-0.39, 0.29) is 12.1 Å². The van der Waals surface area contributed by atoms with Crippen molar-refractivity contribution < 1.29 is 4.74 Å². The van der Waals surface area contributed by atoms with Crippen LogP contribution in [-0.4, -0.2) is 21.3 Å². The predicted octanol–water partition coefficient (Wildman–Crippen LogP) is 1.71. The van der Waals surface area contributed by atoms with Crippen molar-refractivity contribution in [3.63, 3.8) is 0 Å². The van der Waals surface area contributed by atoms with Gasteiger partial charge in [0.05, 0.1) is 24.5 Å². The van der Waals surface area contributed by atoms with Gasteiger partial charge in [-0.3, -0.25) is 4.98 Å². The molecular formula is C13H16N4O. The highest BCUT2D eigenvalue weighted by molar-refractivity contribution is 5.32. The van der Waals surface area contributed by atoms with Gasteiger partial charge in [0.25, 0.3) is 0 Å². The summed E-state index contributed by atoms with van der Waals surface area (Å²) in [5.41, 5.74) is 7.94. The molecule has 2 aromatic heterocycles. The van der Waals surface area contributed by atoms with Crippen LogP contribution >= 0.6 is 0 Å². The van der Waals surface area contributed by atoms with Crippen molar-refractivity contribution in [2.75, 3.05) is 0 Å². The number of pyridine rings is 1. The second kappa shape index (κ2) is 5.55. The lowest BCUT2D eigenvalue weighted by Gasteiger charge is -2.14. The Morgan fingerprint density at radius 1 is 1.11 bits per heavy atom. The fourth-order valence-electron chi connectivity index (χ4n) is 1.62. The van der Waals surface area contributed by atoms with E-state index in [4.69, 9.17) is 10.5 Å². The van der Waals surface area contributed by atoms with E-state index < -0.39 is 0 Å². The number of nitrogens with two attached hydrogens (primary N) is 1. The maximum absolute atomic E-state index is 6.15. The molecule has 0 aliphatic carbocycles. The Labute approximate surface area is 106 Å². The van der Waals surface area contributed by atoms with Crippen molar-refractivity contribution in [2.45, 2.75) is 26.0 Å². The molecule has 2 rings (SSSR count). The molecule has 2 heterocycles. The molecule has 0 aliphatic heterocycles. The Hall–Kier alpha value is -2.01. The van der Waals surface area contributed by atoms with Gasteiger partial charge in [0.15, 0.2) is 0 Å². The first kappa shape index (κ1) is 12.4. The molecule has 0 aromatic carbocycles. The van der Waals surface area contributed by atoms with E-state index in [0.717, 1.165) is 16.9 Å². The average Bonchev–Trinajstić information content (AvgIpc) is 2.38. The van der Waals surface area contributed by atoms with E-state index in [0.29, 0.717) is 0 Å². The van der Waals surface area contributed by atoms with Crippen LogP contribution in [0.1, 0.15) is 31.0 Å². The van der Waals surface area contributed by atoms with Gasteiger partial charge >= 0.3 is 0 Å². The lowest BCUT2D eigenvalue weighted by molar-refractivity contribution is 0.241. The second-order valence-corrected chi connectivity index (χ2v) is 4.27. The molecule has 94 valence electrons. The lowest BCUT2D eigenvalue weighted by Crippen LogP contribution is -2.13. The van der Waals surface area contributed by atoms with Gasteiger partial charge in [0, 0.05) is 12.4 Å². The van der Waals surface area contributed by atoms with Crippen LogP contribution in [0.3, 0.4) is 0 Å². The van der Waals surface area contributed by atoms with Crippen molar-refractivity contribution in [1.29, 1.82) is 0 Å². The first-order valence-corrected chi connectivity index (χ1v) is 5.80. The second-order valence-electron chi connectivity index (χ2n) is 4.27. The topological polar surface area (TPSA) is 73.9 Å². The zero-order chi connectivity index (χ0) is 13.0. The third-order valence-electron chi connectivity index (χ3n) is 2.43. The molecule has 0 amide bonds. The molecule has 1 unspecified atom stereocenters. The third kappa shape index (κ3) is 3.01. The summed E-state index contributed by atoms with van der Waals surface area (Å²) in [5, 5.41) is 7.55. The normalized spacial score (nSPS) is 12.4. The molecule has 0 spiro atoms. The fourth-order valence-corrected chi connectivity index (χ4v) is 1.62. The predicted molar refractivity (Wildman–Crippen MR) is 68.1 cm³/mol. The summed E-state index contributed by atoms with van der Waals surface area (Å²) in [6.07, 6.45) is 6.80. The SMILES string of the molecule is CC(C)Oc1cncc(C(N)c2ccnnc2)c1. The summed E-state index contributed by atoms with van der Waals surface area (Å²) in [4.78, 5) is 4.14. The summed E-state index contributed by atoms with van der Waals surface area (Å²) < 4.78 is 5.59. The summed E-state index contributed by atoms with van der Waals surface area (Å²) >= 11 is 0. The van der Waals surface area contributed by atoms with Crippen LogP contribution in [-0.2, 0) is 0 Å². The van der Waals surface area contributed by atoms with Gasteiger partial charge < -0.3 is 10.5 Å². The number of aromatic nitrogens is 3. The van der Waals surface area contributed by atoms with Gasteiger partial charge in [0.1, 0.15) is 5.75 Å². The molecule has 0 aliphatic rings. The third-order valence-corrected chi connectivity index (χ3v) is 2.43. The van der Waals surface area contributed by atoms with Gasteiger partial charge in [-0.1, -0.05) is 0 Å². The first-order valence-electron chi connectivity index (χ1n) is 5.80. The maximum Gasteiger partial charge on any atom is 0.138 e. The molecule has 18 heavy (non-hydrogen) atoms. The van der Waals surface area contributed by atoms with E-state index in [2.05, 4.69) is 15.2 Å². The largest absolute Gasteiger partial charge is 0.489 e. The van der Waals surface area contributed by atoms with Crippen LogP contribution in [0, 0.1) is 0 Å². The van der Waals surface area contributed by atoms with Crippen LogP contribution in [0.15, 0.2) is 36.9 Å². The highest BCUT2D eigenvalue weighted by atomic mass is 16.5. The van der Waals surface area contributed by atoms with Gasteiger partial charge in [-0.05, 0) is 37.1 Å². The van der Waals surface area contributed by atoms with Crippen molar-refractivity contribution in [3.8, 4) is 5.75 Å². The quantitative estimate of drug-likeness (QED) is 0.886. The fraction of sp³-hybridized carbons (Fsp3) is 0.308. The van der Waals surface area contributed by atoms with Crippen molar-refractivity contribution in [1.82, 2.24) is 15.2 Å². The zero-order valence-electron chi connectivity index (χ0n) is 10.4. The molecule has 0 fully saturated rings. The molecule has 2 N–H and O–H groups in total. The number of rotatable bonds is 4. The van der Waals surface area contributed by atoms with E-state index >= 15 is 0 Å². The van der Waals surface area contributed by atoms with Crippen LogP contribution in [0.5, 0.6) is 5.75 Å². The molecule has 5 nitrogen and oxygen atoms in total. The molecule has 2 aromatic rings. The van der Waals surface area contributed by atoms with Gasteiger partial charge in [-0.25, -0.2) is 0 Å². The zero-order valence-corrected chi connectivity index (χ0v) is 10.4. The summed E-state index contributed by atoms with van der Waals surface area (Å²) in [6.45, 7) is 3.94. The molecule has 1 atom stereocenters. The molecule has 0 bridgehead atoms. The molecule has 0 radical (unpaired) electrons. The maximum atomic E-state index is 6.15. The highest BCUT2D eigenvalue weighted by Crippen LogP contribution is 2.21. The number of ether oxygens (including phenoxy) is 1. The molecule has 5 heteroatoms. The Bertz CT molecular complexity index is 501. The smallest absolute Gasteiger partial charge is 0.138 e. The van der Waals surface area contributed by atoms with Crippen LogP contribution in [0.2, 0.25) is 0 Å². The number of hydrogen-bond donors (Lipinski definition) is 1. The lowest BCUT2D eigenvalue weighted by atomic mass is 10.0. The molecular weight excluding hydrogens is 228 g/mol. The summed E-state index contributed by atoms with van der Waals surface area (Å²) in [5.74, 6) is 0.722. The van der Waals surface area contributed by atoms with Crippen LogP contribution in [0.25, 0.3) is 0 Å². The van der Waals surface area contributed by atoms with Gasteiger partial charge in [0.2, 0.25) is 0 Å². The standard InChI is InChI=1S/C13H16N4O/c1-9(2)18-12-5-11(6-15-8-12)13(14)10-3-4-16-17-7-10/h3-9,13H,14H2,1-2H3. The van der Waals surface area contributed by atoms with E-state index in [1.807, 2.05) is 26.0 Å². The minimum atomic E-state index is -0.274. The minimum absolute atomic E-state index is 0.112. The summed E-state index contributed by atoms with van der Waals surface area (Å²) in [6, 6.07) is 3.47. The highest BCUT2D eigenvalue weighted by Gasteiger charge is 2.11. The Morgan fingerprint density at radius 3 is 2.61 bits per heavy atom. The van der Waals surface area contributed by atoms with Gasteiger partial charge in [-0.15, -0.1) is 0 Å². The number of hydrogen-bond acceptors (Lipinski definition) is 5. The Kier molecular flexibility index (Phi) is 3.84. The van der Waals surface area contributed by atoms with Crippen LogP contribution < -0.4 is 10.5 Å². The molecule has 0 saturated heterocycles. The average molecular weight is 244 g/mol. The van der Waals surface area contributed by atoms with Crippen molar-refractivity contribution in [2.24, 2.45) is 5.73 Å². The van der Waals surface area contributed by atoms with E-state index in [1.54, 1.807) is 24.8 Å². The monoisotopic (exact) mass is 244 g/mol. The number of nitrogens with zero attached hydrogens (tertiary/aromatic N) is 3.